The molecule has 0 aliphatic rings. The zero-order valence-corrected chi connectivity index (χ0v) is 13.5. The summed E-state index contributed by atoms with van der Waals surface area (Å²) in [5.74, 6) is -0.116. The Hall–Kier alpha value is -1.15. The van der Waals surface area contributed by atoms with Crippen LogP contribution in [-0.2, 0) is 26.0 Å². The Bertz CT molecular complexity index is 537. The van der Waals surface area contributed by atoms with Crippen LogP contribution in [0.25, 0.3) is 0 Å². The fraction of sp³-hybridized carbons (Fsp3) is 0.667. The lowest BCUT2D eigenvalue weighted by Crippen LogP contribution is -2.19. The Morgan fingerprint density at radius 3 is 2.80 bits per heavy atom. The van der Waals surface area contributed by atoms with E-state index in [2.05, 4.69) is 14.4 Å². The second kappa shape index (κ2) is 7.58. The van der Waals surface area contributed by atoms with Crippen LogP contribution < -0.4 is 4.72 Å². The standard InChI is InChI=1S/C12H20N2O4S2/c1-9(2)8-20(16,17)14-12-13-10(7-19-12)5-4-6-11(15)18-3/h7,9H,4-6,8H2,1-3H3,(H,13,14). The molecule has 1 aromatic rings. The first-order valence-electron chi connectivity index (χ1n) is 6.34. The fourth-order valence-electron chi connectivity index (χ4n) is 1.60. The summed E-state index contributed by atoms with van der Waals surface area (Å²) in [5.41, 5.74) is 0.779. The van der Waals surface area contributed by atoms with Gasteiger partial charge >= 0.3 is 5.97 Å². The number of carbonyl (C=O) groups excluding carboxylic acids is 1. The largest absolute Gasteiger partial charge is 0.469 e. The van der Waals surface area contributed by atoms with E-state index >= 15 is 0 Å². The van der Waals surface area contributed by atoms with Crippen LogP contribution in [0.4, 0.5) is 5.13 Å². The molecule has 1 heterocycles. The molecule has 0 saturated carbocycles. The molecule has 0 bridgehead atoms. The van der Waals surface area contributed by atoms with Crippen molar-refractivity contribution < 1.29 is 17.9 Å². The smallest absolute Gasteiger partial charge is 0.305 e. The van der Waals surface area contributed by atoms with E-state index in [0.717, 1.165) is 5.69 Å². The Morgan fingerprint density at radius 1 is 1.50 bits per heavy atom. The molecule has 0 aliphatic heterocycles. The quantitative estimate of drug-likeness (QED) is 0.741. The summed E-state index contributed by atoms with van der Waals surface area (Å²) in [6.45, 7) is 3.69. The predicted molar refractivity (Wildman–Crippen MR) is 79.3 cm³/mol. The van der Waals surface area contributed by atoms with Crippen LogP contribution in [0.3, 0.4) is 0 Å². The molecule has 20 heavy (non-hydrogen) atoms. The fourth-order valence-corrected chi connectivity index (χ4v) is 4.03. The summed E-state index contributed by atoms with van der Waals surface area (Å²) in [4.78, 5) is 15.2. The maximum Gasteiger partial charge on any atom is 0.305 e. The molecule has 0 spiro atoms. The van der Waals surface area contributed by atoms with Gasteiger partial charge in [-0.05, 0) is 18.8 Å². The molecule has 114 valence electrons. The van der Waals surface area contributed by atoms with Crippen molar-refractivity contribution in [3.8, 4) is 0 Å². The minimum absolute atomic E-state index is 0.0620. The number of rotatable bonds is 8. The van der Waals surface area contributed by atoms with Crippen LogP contribution in [0.15, 0.2) is 5.38 Å². The van der Waals surface area contributed by atoms with Crippen LogP contribution in [0.2, 0.25) is 0 Å². The van der Waals surface area contributed by atoms with Crippen molar-refractivity contribution in [1.29, 1.82) is 0 Å². The Balaban J connectivity index is 2.49. The first kappa shape index (κ1) is 16.9. The zero-order chi connectivity index (χ0) is 15.2. The van der Waals surface area contributed by atoms with Crippen LogP contribution >= 0.6 is 11.3 Å². The molecule has 0 fully saturated rings. The molecular weight excluding hydrogens is 300 g/mol. The van der Waals surface area contributed by atoms with Crippen molar-refractivity contribution >= 4 is 32.5 Å². The predicted octanol–water partition coefficient (Wildman–Crippen LogP) is 2.04. The van der Waals surface area contributed by atoms with E-state index in [9.17, 15) is 13.2 Å². The van der Waals surface area contributed by atoms with Crippen LogP contribution in [0, 0.1) is 5.92 Å². The monoisotopic (exact) mass is 320 g/mol. The first-order valence-corrected chi connectivity index (χ1v) is 8.87. The van der Waals surface area contributed by atoms with Gasteiger partial charge in [-0.25, -0.2) is 13.4 Å². The lowest BCUT2D eigenvalue weighted by Gasteiger charge is -2.06. The van der Waals surface area contributed by atoms with Gasteiger partial charge in [0.2, 0.25) is 10.0 Å². The molecule has 1 rings (SSSR count). The molecule has 0 amide bonds. The SMILES string of the molecule is COC(=O)CCCc1csc(NS(=O)(=O)CC(C)C)n1. The normalized spacial score (nSPS) is 11.6. The number of carbonyl (C=O) groups is 1. The van der Waals surface area contributed by atoms with Crippen molar-refractivity contribution in [1.82, 2.24) is 4.98 Å². The highest BCUT2D eigenvalue weighted by molar-refractivity contribution is 7.92. The third-order valence-electron chi connectivity index (χ3n) is 2.39. The second-order valence-corrected chi connectivity index (χ2v) is 7.48. The number of ether oxygens (including phenoxy) is 1. The molecule has 0 aromatic carbocycles. The molecule has 0 unspecified atom stereocenters. The second-order valence-electron chi connectivity index (χ2n) is 4.85. The molecule has 1 aromatic heterocycles. The summed E-state index contributed by atoms with van der Waals surface area (Å²) < 4.78 is 30.5. The minimum Gasteiger partial charge on any atom is -0.469 e. The van der Waals surface area contributed by atoms with E-state index in [1.807, 2.05) is 13.8 Å². The summed E-state index contributed by atoms with van der Waals surface area (Å²) in [7, 11) is -1.98. The minimum atomic E-state index is -3.33. The van der Waals surface area contributed by atoms with Gasteiger partial charge in [-0.3, -0.25) is 9.52 Å². The van der Waals surface area contributed by atoms with Crippen LogP contribution in [0.5, 0.6) is 0 Å². The van der Waals surface area contributed by atoms with E-state index in [0.29, 0.717) is 24.4 Å². The number of nitrogens with zero attached hydrogens (tertiary/aromatic N) is 1. The van der Waals surface area contributed by atoms with Gasteiger partial charge in [0.15, 0.2) is 5.13 Å². The number of hydrogen-bond donors (Lipinski definition) is 1. The Kier molecular flexibility index (Phi) is 6.41. The van der Waals surface area contributed by atoms with E-state index in [1.54, 1.807) is 5.38 Å². The van der Waals surface area contributed by atoms with Crippen LogP contribution in [-0.4, -0.2) is 32.2 Å². The molecule has 1 N–H and O–H groups in total. The number of sulfonamides is 1. The highest BCUT2D eigenvalue weighted by Gasteiger charge is 2.15. The molecule has 0 atom stereocenters. The number of methoxy groups -OCH3 is 1. The number of thiazole rings is 1. The average Bonchev–Trinajstić information content (AvgIpc) is 2.73. The first-order chi connectivity index (χ1) is 9.32. The maximum atomic E-state index is 11.8. The van der Waals surface area contributed by atoms with Gasteiger partial charge in [-0.15, -0.1) is 11.3 Å². The lowest BCUT2D eigenvalue weighted by molar-refractivity contribution is -0.140. The van der Waals surface area contributed by atoms with Crippen molar-refractivity contribution in [2.75, 3.05) is 17.6 Å². The topological polar surface area (TPSA) is 85.4 Å². The molecule has 0 saturated heterocycles. The Labute approximate surface area is 123 Å². The highest BCUT2D eigenvalue weighted by Crippen LogP contribution is 2.19. The third kappa shape index (κ3) is 6.33. The summed E-state index contributed by atoms with van der Waals surface area (Å²) in [6, 6.07) is 0. The molecular formula is C12H20N2O4S2. The van der Waals surface area contributed by atoms with Gasteiger partial charge in [0.1, 0.15) is 0 Å². The molecule has 6 nitrogen and oxygen atoms in total. The summed E-state index contributed by atoms with van der Waals surface area (Å²) in [6.07, 6.45) is 1.59. The number of anilines is 1. The van der Waals surface area contributed by atoms with Gasteiger partial charge in [-0.2, -0.15) is 0 Å². The van der Waals surface area contributed by atoms with Crippen molar-refractivity contribution in [3.05, 3.63) is 11.1 Å². The van der Waals surface area contributed by atoms with Gasteiger partial charge in [0.25, 0.3) is 0 Å². The maximum absolute atomic E-state index is 11.8. The number of esters is 1. The molecule has 0 radical (unpaired) electrons. The lowest BCUT2D eigenvalue weighted by atomic mass is 10.2. The molecule has 0 aliphatic carbocycles. The van der Waals surface area contributed by atoms with E-state index in [4.69, 9.17) is 0 Å². The average molecular weight is 320 g/mol. The van der Waals surface area contributed by atoms with Gasteiger partial charge in [-0.1, -0.05) is 13.8 Å². The Morgan fingerprint density at radius 2 is 2.20 bits per heavy atom. The highest BCUT2D eigenvalue weighted by atomic mass is 32.2. The van der Waals surface area contributed by atoms with Gasteiger partial charge in [0, 0.05) is 11.8 Å². The van der Waals surface area contributed by atoms with Gasteiger partial charge < -0.3 is 4.74 Å². The van der Waals surface area contributed by atoms with Crippen molar-refractivity contribution in [2.45, 2.75) is 33.1 Å². The number of nitrogens with one attached hydrogen (secondary N) is 1. The number of aromatic nitrogens is 1. The van der Waals surface area contributed by atoms with E-state index in [-0.39, 0.29) is 17.6 Å². The summed E-state index contributed by atoms with van der Waals surface area (Å²) in [5, 5.41) is 2.17. The third-order valence-corrected chi connectivity index (χ3v) is 4.93. The zero-order valence-electron chi connectivity index (χ0n) is 11.9. The number of aryl methyl sites for hydroxylation is 1. The van der Waals surface area contributed by atoms with E-state index in [1.165, 1.54) is 18.4 Å². The van der Waals surface area contributed by atoms with Crippen LogP contribution in [0.1, 0.15) is 32.4 Å². The van der Waals surface area contributed by atoms with Gasteiger partial charge in [0.05, 0.1) is 18.6 Å². The number of hydrogen-bond acceptors (Lipinski definition) is 6. The summed E-state index contributed by atoms with van der Waals surface area (Å²) >= 11 is 1.25. The van der Waals surface area contributed by atoms with Crippen molar-refractivity contribution in [3.63, 3.8) is 0 Å². The van der Waals surface area contributed by atoms with E-state index < -0.39 is 10.0 Å². The molecule has 8 heteroatoms. The van der Waals surface area contributed by atoms with Crippen molar-refractivity contribution in [2.24, 2.45) is 5.92 Å².